The van der Waals surface area contributed by atoms with Crippen LogP contribution in [0.4, 0.5) is 0 Å². The van der Waals surface area contributed by atoms with Crippen LogP contribution in [0.25, 0.3) is 10.9 Å². The Hall–Kier alpha value is -0.600. The Labute approximate surface area is 103 Å². The van der Waals surface area contributed by atoms with Gasteiger partial charge in [-0.05, 0) is 53.0 Å². The van der Waals surface area contributed by atoms with Crippen molar-refractivity contribution < 1.29 is 0 Å². The molecule has 0 fully saturated rings. The first-order valence-corrected chi connectivity index (χ1v) is 6.04. The molecule has 0 N–H and O–H groups in total. The number of halogens is 2. The third-order valence-electron chi connectivity index (χ3n) is 2.38. The van der Waals surface area contributed by atoms with Gasteiger partial charge in [0.2, 0.25) is 0 Å². The molecule has 0 unspecified atom stereocenters. The van der Waals surface area contributed by atoms with Gasteiger partial charge >= 0.3 is 0 Å². The molecule has 0 spiro atoms. The number of nitrogens with zero attached hydrogens (tertiary/aromatic N) is 1. The molecular weight excluding hydrogens is 273 g/mol. The van der Waals surface area contributed by atoms with E-state index in [1.165, 1.54) is 5.56 Å². The lowest BCUT2D eigenvalue weighted by atomic mass is 10.1. The Morgan fingerprint density at radius 3 is 2.73 bits per heavy atom. The highest BCUT2D eigenvalue weighted by molar-refractivity contribution is 9.10. The van der Waals surface area contributed by atoms with Crippen molar-refractivity contribution in [3.63, 3.8) is 0 Å². The summed E-state index contributed by atoms with van der Waals surface area (Å²) < 4.78 is 1.01. The lowest BCUT2D eigenvalue weighted by Gasteiger charge is -2.06. The standard InChI is InChI=1S/C12H11BrClN/c1-3-8-6-11(14)9-4-7(2)5-10(13)12(9)15-8/h4-6H,3H2,1-2H3. The Balaban J connectivity index is 2.85. The first-order valence-electron chi connectivity index (χ1n) is 4.87. The Kier molecular flexibility index (Phi) is 2.98. The smallest absolute Gasteiger partial charge is 0.0862 e. The largest absolute Gasteiger partial charge is 0.252 e. The van der Waals surface area contributed by atoms with E-state index in [1.54, 1.807) is 0 Å². The second-order valence-corrected chi connectivity index (χ2v) is 4.85. The van der Waals surface area contributed by atoms with E-state index in [-0.39, 0.29) is 0 Å². The zero-order chi connectivity index (χ0) is 11.0. The van der Waals surface area contributed by atoms with Gasteiger partial charge in [-0.15, -0.1) is 0 Å². The summed E-state index contributed by atoms with van der Waals surface area (Å²) >= 11 is 9.75. The Bertz CT molecular complexity index is 523. The molecule has 78 valence electrons. The molecule has 0 atom stereocenters. The molecule has 1 aromatic heterocycles. The quantitative estimate of drug-likeness (QED) is 0.750. The van der Waals surface area contributed by atoms with Crippen LogP contribution in [0.3, 0.4) is 0 Å². The zero-order valence-corrected chi connectivity index (χ0v) is 11.0. The summed E-state index contributed by atoms with van der Waals surface area (Å²) in [4.78, 5) is 4.56. The Morgan fingerprint density at radius 1 is 1.33 bits per heavy atom. The summed E-state index contributed by atoms with van der Waals surface area (Å²) in [6, 6.07) is 6.07. The van der Waals surface area contributed by atoms with Gasteiger partial charge in [0.05, 0.1) is 10.5 Å². The summed E-state index contributed by atoms with van der Waals surface area (Å²) in [6.07, 6.45) is 0.899. The molecule has 1 heterocycles. The second-order valence-electron chi connectivity index (χ2n) is 3.59. The molecule has 0 aliphatic heterocycles. The number of hydrogen-bond donors (Lipinski definition) is 0. The zero-order valence-electron chi connectivity index (χ0n) is 8.64. The van der Waals surface area contributed by atoms with Crippen LogP contribution in [-0.4, -0.2) is 4.98 Å². The number of pyridine rings is 1. The number of rotatable bonds is 1. The highest BCUT2D eigenvalue weighted by atomic mass is 79.9. The van der Waals surface area contributed by atoms with E-state index in [9.17, 15) is 0 Å². The average Bonchev–Trinajstić information content (AvgIpc) is 2.19. The number of benzene rings is 1. The minimum absolute atomic E-state index is 0.779. The molecule has 15 heavy (non-hydrogen) atoms. The van der Waals surface area contributed by atoms with Gasteiger partial charge in [0.1, 0.15) is 0 Å². The van der Waals surface area contributed by atoms with Gasteiger partial charge in [0.15, 0.2) is 0 Å². The summed E-state index contributed by atoms with van der Waals surface area (Å²) in [5, 5.41) is 1.79. The molecule has 1 aromatic carbocycles. The maximum Gasteiger partial charge on any atom is 0.0862 e. The van der Waals surface area contributed by atoms with Gasteiger partial charge in [0.25, 0.3) is 0 Å². The molecule has 2 aromatic rings. The number of aromatic nitrogens is 1. The molecule has 2 rings (SSSR count). The minimum atomic E-state index is 0.779. The van der Waals surface area contributed by atoms with Crippen LogP contribution in [0.15, 0.2) is 22.7 Å². The van der Waals surface area contributed by atoms with Crippen LogP contribution in [0.5, 0.6) is 0 Å². The van der Waals surface area contributed by atoms with Crippen molar-refractivity contribution in [2.24, 2.45) is 0 Å². The van der Waals surface area contributed by atoms with Gasteiger partial charge in [-0.25, -0.2) is 0 Å². The monoisotopic (exact) mass is 283 g/mol. The van der Waals surface area contributed by atoms with Gasteiger partial charge in [-0.1, -0.05) is 18.5 Å². The first kappa shape index (κ1) is 10.9. The van der Waals surface area contributed by atoms with E-state index >= 15 is 0 Å². The van der Waals surface area contributed by atoms with Crippen molar-refractivity contribution in [3.8, 4) is 0 Å². The maximum atomic E-state index is 6.22. The van der Waals surface area contributed by atoms with Crippen molar-refractivity contribution in [1.29, 1.82) is 0 Å². The molecule has 1 nitrogen and oxygen atoms in total. The van der Waals surface area contributed by atoms with Crippen LogP contribution in [0.1, 0.15) is 18.2 Å². The van der Waals surface area contributed by atoms with Crippen LogP contribution >= 0.6 is 27.5 Å². The SMILES string of the molecule is CCc1cc(Cl)c2cc(C)cc(Br)c2n1. The molecule has 3 heteroatoms. The van der Waals surface area contributed by atoms with Gasteiger partial charge in [0, 0.05) is 15.6 Å². The normalized spacial score (nSPS) is 10.9. The number of hydrogen-bond acceptors (Lipinski definition) is 1. The fourth-order valence-electron chi connectivity index (χ4n) is 1.61. The van der Waals surface area contributed by atoms with E-state index in [4.69, 9.17) is 11.6 Å². The van der Waals surface area contributed by atoms with Crippen molar-refractivity contribution in [2.75, 3.05) is 0 Å². The van der Waals surface area contributed by atoms with Crippen molar-refractivity contribution >= 4 is 38.4 Å². The van der Waals surface area contributed by atoms with Gasteiger partial charge < -0.3 is 0 Å². The van der Waals surface area contributed by atoms with Gasteiger partial charge in [-0.2, -0.15) is 0 Å². The maximum absolute atomic E-state index is 6.22. The van der Waals surface area contributed by atoms with Crippen LogP contribution in [-0.2, 0) is 6.42 Å². The third-order valence-corrected chi connectivity index (χ3v) is 3.29. The van der Waals surface area contributed by atoms with E-state index in [1.807, 2.05) is 13.0 Å². The first-order chi connectivity index (χ1) is 7.11. The highest BCUT2D eigenvalue weighted by Gasteiger charge is 2.07. The predicted octanol–water partition coefficient (Wildman–Crippen LogP) is 4.52. The molecule has 0 bridgehead atoms. The summed E-state index contributed by atoms with van der Waals surface area (Å²) in [7, 11) is 0. The molecule has 0 aliphatic rings. The molecular formula is C12H11BrClN. The van der Waals surface area contributed by atoms with E-state index in [0.717, 1.165) is 32.5 Å². The fourth-order valence-corrected chi connectivity index (χ4v) is 2.54. The van der Waals surface area contributed by atoms with E-state index < -0.39 is 0 Å². The number of aryl methyl sites for hydroxylation is 2. The van der Waals surface area contributed by atoms with Crippen molar-refractivity contribution in [3.05, 3.63) is 39.0 Å². The van der Waals surface area contributed by atoms with Gasteiger partial charge in [-0.3, -0.25) is 4.98 Å². The average molecular weight is 285 g/mol. The highest BCUT2D eigenvalue weighted by Crippen LogP contribution is 2.30. The molecule has 0 radical (unpaired) electrons. The molecule has 0 aliphatic carbocycles. The lowest BCUT2D eigenvalue weighted by Crippen LogP contribution is -1.90. The summed E-state index contributed by atoms with van der Waals surface area (Å²) in [6.45, 7) is 4.13. The Morgan fingerprint density at radius 2 is 2.07 bits per heavy atom. The fraction of sp³-hybridized carbons (Fsp3) is 0.250. The molecule has 0 amide bonds. The third kappa shape index (κ3) is 2.01. The summed E-state index contributed by atoms with van der Waals surface area (Å²) in [5.74, 6) is 0. The topological polar surface area (TPSA) is 12.9 Å². The van der Waals surface area contributed by atoms with Crippen molar-refractivity contribution in [2.45, 2.75) is 20.3 Å². The van der Waals surface area contributed by atoms with Crippen molar-refractivity contribution in [1.82, 2.24) is 4.98 Å². The van der Waals surface area contributed by atoms with E-state index in [0.29, 0.717) is 0 Å². The number of fused-ring (bicyclic) bond motifs is 1. The minimum Gasteiger partial charge on any atom is -0.252 e. The van der Waals surface area contributed by atoms with Crippen LogP contribution in [0.2, 0.25) is 5.02 Å². The summed E-state index contributed by atoms with van der Waals surface area (Å²) in [5.41, 5.74) is 3.16. The predicted molar refractivity (Wildman–Crippen MR) is 68.6 cm³/mol. The van der Waals surface area contributed by atoms with Crippen LogP contribution < -0.4 is 0 Å². The van der Waals surface area contributed by atoms with E-state index in [2.05, 4.69) is 40.0 Å². The second kappa shape index (κ2) is 4.11. The molecule has 0 saturated carbocycles. The molecule has 0 saturated heterocycles. The van der Waals surface area contributed by atoms with Crippen LogP contribution in [0, 0.1) is 6.92 Å². The lowest BCUT2D eigenvalue weighted by molar-refractivity contribution is 1.06.